The molecule has 8 heteroatoms. The van der Waals surface area contributed by atoms with Crippen molar-refractivity contribution in [2.45, 2.75) is 26.3 Å². The maximum atomic E-state index is 13.8. The number of para-hydroxylation sites is 2. The number of aryl methyl sites for hydroxylation is 1. The van der Waals surface area contributed by atoms with E-state index in [1.54, 1.807) is 16.7 Å². The van der Waals surface area contributed by atoms with Gasteiger partial charge in [-0.25, -0.2) is 9.18 Å². The molecule has 0 bridgehead atoms. The molecule has 0 N–H and O–H groups in total. The molecule has 0 spiro atoms. The van der Waals surface area contributed by atoms with Gasteiger partial charge in [-0.1, -0.05) is 18.2 Å². The van der Waals surface area contributed by atoms with Gasteiger partial charge in [0.1, 0.15) is 5.82 Å². The number of piperidine rings is 1. The first-order chi connectivity index (χ1) is 18.0. The average Bonchev–Trinajstić information content (AvgIpc) is 3.51. The van der Waals surface area contributed by atoms with Crippen molar-refractivity contribution in [3.05, 3.63) is 88.1 Å². The minimum Gasteiger partial charge on any atom is -0.454 e. The number of fused-ring (bicyclic) bond motifs is 2. The summed E-state index contributed by atoms with van der Waals surface area (Å²) in [6.45, 7) is 4.94. The van der Waals surface area contributed by atoms with Crippen molar-refractivity contribution in [3.63, 3.8) is 0 Å². The lowest BCUT2D eigenvalue weighted by Crippen LogP contribution is -2.39. The number of ether oxygens (including phenoxy) is 2. The van der Waals surface area contributed by atoms with E-state index in [1.165, 1.54) is 12.1 Å². The minimum absolute atomic E-state index is 0.0589. The number of benzene rings is 3. The van der Waals surface area contributed by atoms with Crippen molar-refractivity contribution in [1.29, 1.82) is 0 Å². The van der Waals surface area contributed by atoms with Gasteiger partial charge >= 0.3 is 5.69 Å². The Morgan fingerprint density at radius 2 is 1.73 bits per heavy atom. The van der Waals surface area contributed by atoms with Crippen LogP contribution in [0.25, 0.3) is 16.7 Å². The predicted molar refractivity (Wildman–Crippen MR) is 138 cm³/mol. The van der Waals surface area contributed by atoms with Crippen molar-refractivity contribution >= 4 is 16.8 Å². The lowest BCUT2D eigenvalue weighted by molar-refractivity contribution is 0.0837. The van der Waals surface area contributed by atoms with Gasteiger partial charge in [0.05, 0.1) is 16.7 Å². The van der Waals surface area contributed by atoms with Gasteiger partial charge in [0.2, 0.25) is 6.79 Å². The third-order valence-electron chi connectivity index (χ3n) is 7.50. The number of hydrogen-bond donors (Lipinski definition) is 0. The first kappa shape index (κ1) is 23.5. The molecule has 4 aromatic rings. The molecule has 6 rings (SSSR count). The highest BCUT2D eigenvalue weighted by molar-refractivity contribution is 5.97. The van der Waals surface area contributed by atoms with Crippen molar-refractivity contribution in [3.8, 4) is 17.2 Å². The van der Waals surface area contributed by atoms with E-state index < -0.39 is 0 Å². The summed E-state index contributed by atoms with van der Waals surface area (Å²) in [4.78, 5) is 28.9. The highest BCUT2D eigenvalue weighted by atomic mass is 19.1. The van der Waals surface area contributed by atoms with Crippen LogP contribution in [0, 0.1) is 18.7 Å². The summed E-state index contributed by atoms with van der Waals surface area (Å²) in [6, 6.07) is 17.3. The number of carbonyl (C=O) groups is 1. The second kappa shape index (κ2) is 9.52. The number of ketones is 1. The fourth-order valence-electron chi connectivity index (χ4n) is 5.51. The van der Waals surface area contributed by atoms with Gasteiger partial charge in [0.15, 0.2) is 17.3 Å². The molecule has 0 aliphatic carbocycles. The van der Waals surface area contributed by atoms with Crippen LogP contribution >= 0.6 is 0 Å². The molecule has 0 radical (unpaired) electrons. The van der Waals surface area contributed by atoms with Crippen LogP contribution in [-0.2, 0) is 6.54 Å². The quantitative estimate of drug-likeness (QED) is 0.363. The second-order valence-electron chi connectivity index (χ2n) is 9.71. The number of nitrogens with zero attached hydrogens (tertiary/aromatic N) is 3. The zero-order chi connectivity index (χ0) is 25.5. The molecular weight excluding hydrogens is 473 g/mol. The van der Waals surface area contributed by atoms with Crippen LogP contribution in [0.15, 0.2) is 65.5 Å². The SMILES string of the molecule is Cc1cccc2c1n(-c1cccc3c1OCO3)c(=O)n2CCN1CCC(C(=O)c2ccc(F)cc2)CC1. The molecule has 37 heavy (non-hydrogen) atoms. The van der Waals surface area contributed by atoms with E-state index in [0.717, 1.165) is 42.5 Å². The second-order valence-corrected chi connectivity index (χ2v) is 9.71. The number of Topliss-reactive ketones (excluding diaryl/α,β-unsaturated/α-hetero) is 1. The van der Waals surface area contributed by atoms with E-state index in [1.807, 2.05) is 47.9 Å². The van der Waals surface area contributed by atoms with Gasteiger partial charge in [-0.05, 0) is 80.9 Å². The third-order valence-corrected chi connectivity index (χ3v) is 7.50. The fraction of sp³-hybridized carbons (Fsp3) is 0.310. The van der Waals surface area contributed by atoms with Crippen LogP contribution in [-0.4, -0.2) is 46.2 Å². The Bertz CT molecular complexity index is 1530. The smallest absolute Gasteiger partial charge is 0.333 e. The molecule has 1 saturated heterocycles. The monoisotopic (exact) mass is 501 g/mol. The summed E-state index contributed by atoms with van der Waals surface area (Å²) in [7, 11) is 0. The first-order valence-corrected chi connectivity index (χ1v) is 12.6. The molecule has 0 amide bonds. The number of rotatable bonds is 6. The molecule has 190 valence electrons. The molecule has 2 aliphatic rings. The van der Waals surface area contributed by atoms with Crippen molar-refractivity contribution in [2.75, 3.05) is 26.4 Å². The molecular formula is C29H28FN3O4. The molecule has 1 aromatic heterocycles. The van der Waals surface area contributed by atoms with Gasteiger partial charge in [0.25, 0.3) is 0 Å². The molecule has 3 aromatic carbocycles. The first-order valence-electron chi connectivity index (χ1n) is 12.6. The van der Waals surface area contributed by atoms with E-state index in [4.69, 9.17) is 9.47 Å². The predicted octanol–water partition coefficient (Wildman–Crippen LogP) is 4.56. The number of carbonyl (C=O) groups excluding carboxylic acids is 1. The van der Waals surface area contributed by atoms with Crippen LogP contribution in [0.5, 0.6) is 11.5 Å². The summed E-state index contributed by atoms with van der Waals surface area (Å²) >= 11 is 0. The molecule has 7 nitrogen and oxygen atoms in total. The topological polar surface area (TPSA) is 65.7 Å². The molecule has 3 heterocycles. The summed E-state index contributed by atoms with van der Waals surface area (Å²) in [6.07, 6.45) is 1.50. The zero-order valence-corrected chi connectivity index (χ0v) is 20.7. The zero-order valence-electron chi connectivity index (χ0n) is 20.7. The fourth-order valence-corrected chi connectivity index (χ4v) is 5.51. The number of aromatic nitrogens is 2. The number of likely N-dealkylation sites (tertiary alicyclic amines) is 1. The number of imidazole rings is 1. The van der Waals surface area contributed by atoms with Crippen molar-refractivity contribution in [1.82, 2.24) is 14.0 Å². The van der Waals surface area contributed by atoms with Crippen molar-refractivity contribution in [2.24, 2.45) is 5.92 Å². The summed E-state index contributed by atoms with van der Waals surface area (Å²) < 4.78 is 28.0. The Balaban J connectivity index is 1.22. The Labute approximate surface area is 213 Å². The lowest BCUT2D eigenvalue weighted by Gasteiger charge is -2.31. The molecule has 0 unspecified atom stereocenters. The van der Waals surface area contributed by atoms with Crippen LogP contribution in [0.1, 0.15) is 28.8 Å². The molecule has 0 atom stereocenters. The summed E-state index contributed by atoms with van der Waals surface area (Å²) in [5.41, 5.74) is 3.87. The Hall–Kier alpha value is -3.91. The standard InChI is InChI=1S/C29H28FN3O4/c1-19-4-2-5-23-26(19)33(24-6-3-7-25-28(24)37-18-36-25)29(35)32(23)17-16-31-14-12-21(13-15-31)27(34)20-8-10-22(30)11-9-20/h2-11,21H,12-18H2,1H3. The van der Waals surface area contributed by atoms with Crippen LogP contribution in [0.4, 0.5) is 4.39 Å². The van der Waals surface area contributed by atoms with Gasteiger partial charge < -0.3 is 14.4 Å². The van der Waals surface area contributed by atoms with E-state index in [-0.39, 0.29) is 30.0 Å². The highest BCUT2D eigenvalue weighted by Gasteiger charge is 2.27. The Morgan fingerprint density at radius 3 is 2.51 bits per heavy atom. The van der Waals surface area contributed by atoms with Crippen LogP contribution in [0.3, 0.4) is 0 Å². The van der Waals surface area contributed by atoms with E-state index in [2.05, 4.69) is 4.90 Å². The Morgan fingerprint density at radius 1 is 0.973 bits per heavy atom. The summed E-state index contributed by atoms with van der Waals surface area (Å²) in [5.74, 6) is 0.903. The van der Waals surface area contributed by atoms with E-state index in [0.29, 0.717) is 35.8 Å². The van der Waals surface area contributed by atoms with Crippen molar-refractivity contribution < 1.29 is 18.7 Å². The van der Waals surface area contributed by atoms with E-state index in [9.17, 15) is 14.0 Å². The highest BCUT2D eigenvalue weighted by Crippen LogP contribution is 2.38. The van der Waals surface area contributed by atoms with Crippen LogP contribution < -0.4 is 15.2 Å². The lowest BCUT2D eigenvalue weighted by atomic mass is 9.89. The maximum Gasteiger partial charge on any atom is 0.333 e. The van der Waals surface area contributed by atoms with E-state index >= 15 is 0 Å². The summed E-state index contributed by atoms with van der Waals surface area (Å²) in [5, 5.41) is 0. The van der Waals surface area contributed by atoms with Gasteiger partial charge in [0, 0.05) is 24.6 Å². The molecule has 1 fully saturated rings. The largest absolute Gasteiger partial charge is 0.454 e. The third kappa shape index (κ3) is 4.21. The van der Waals surface area contributed by atoms with Gasteiger partial charge in [-0.3, -0.25) is 13.9 Å². The maximum absolute atomic E-state index is 13.8. The van der Waals surface area contributed by atoms with Crippen LogP contribution in [0.2, 0.25) is 0 Å². The number of hydrogen-bond acceptors (Lipinski definition) is 5. The normalized spacial score (nSPS) is 15.9. The molecule has 2 aliphatic heterocycles. The van der Waals surface area contributed by atoms with Gasteiger partial charge in [-0.15, -0.1) is 0 Å². The average molecular weight is 502 g/mol. The number of halogens is 1. The Kier molecular flexibility index (Phi) is 6.04. The van der Waals surface area contributed by atoms with Gasteiger partial charge in [-0.2, -0.15) is 0 Å². The molecule has 0 saturated carbocycles. The minimum atomic E-state index is -0.337.